The van der Waals surface area contributed by atoms with Crippen LogP contribution in [0.5, 0.6) is 5.75 Å². The first-order chi connectivity index (χ1) is 13.1. The average Bonchev–Trinajstić information content (AvgIpc) is 2.69. The smallest absolute Gasteiger partial charge is 0.262 e. The molecule has 2 aromatic rings. The highest BCUT2D eigenvalue weighted by molar-refractivity contribution is 6.04. The number of fused-ring (bicyclic) bond motifs is 1. The molecule has 1 aliphatic carbocycles. The molecule has 4 heteroatoms. The van der Waals surface area contributed by atoms with Crippen molar-refractivity contribution in [3.05, 3.63) is 47.5 Å². The maximum absolute atomic E-state index is 12.7. The Bertz CT molecular complexity index is 895. The lowest BCUT2D eigenvalue weighted by Gasteiger charge is -2.29. The number of hydrogen-bond donors (Lipinski definition) is 1. The molecule has 27 heavy (non-hydrogen) atoms. The van der Waals surface area contributed by atoms with E-state index >= 15 is 0 Å². The van der Waals surface area contributed by atoms with Gasteiger partial charge in [-0.25, -0.2) is 0 Å². The van der Waals surface area contributed by atoms with Crippen molar-refractivity contribution in [3.8, 4) is 11.8 Å². The largest absolute Gasteiger partial charge is 0.493 e. The van der Waals surface area contributed by atoms with Gasteiger partial charge in [-0.2, -0.15) is 5.26 Å². The third-order valence-corrected chi connectivity index (χ3v) is 5.31. The minimum Gasteiger partial charge on any atom is -0.493 e. The van der Waals surface area contributed by atoms with Gasteiger partial charge in [-0.1, -0.05) is 50.1 Å². The van der Waals surface area contributed by atoms with Gasteiger partial charge in [-0.15, -0.1) is 0 Å². The summed E-state index contributed by atoms with van der Waals surface area (Å²) in [5.74, 6) is 0.979. The number of nitriles is 1. The van der Waals surface area contributed by atoms with Gasteiger partial charge in [-0.05, 0) is 48.8 Å². The van der Waals surface area contributed by atoms with Crippen LogP contribution in [0.25, 0.3) is 16.8 Å². The molecule has 0 aromatic heterocycles. The van der Waals surface area contributed by atoms with Crippen LogP contribution in [0.1, 0.15) is 45.1 Å². The summed E-state index contributed by atoms with van der Waals surface area (Å²) < 4.78 is 5.70. The van der Waals surface area contributed by atoms with E-state index in [-0.39, 0.29) is 17.5 Å². The fraction of sp³-hybridized carbons (Fsp3) is 0.391. The molecule has 1 saturated carbocycles. The SMILES string of the molecule is CCOc1ccc(/C=C(\C#N)C(=O)N[C@H]2CCCC[C@H]2C)c2ccccc12. The van der Waals surface area contributed by atoms with E-state index in [1.54, 1.807) is 6.08 Å². The van der Waals surface area contributed by atoms with Gasteiger partial charge in [-0.3, -0.25) is 4.79 Å². The van der Waals surface area contributed by atoms with Crippen LogP contribution in [0.4, 0.5) is 0 Å². The third kappa shape index (κ3) is 4.31. The summed E-state index contributed by atoms with van der Waals surface area (Å²) in [4.78, 5) is 12.7. The van der Waals surface area contributed by atoms with Crippen molar-refractivity contribution in [2.45, 2.75) is 45.6 Å². The van der Waals surface area contributed by atoms with Crippen LogP contribution in [-0.4, -0.2) is 18.6 Å². The van der Waals surface area contributed by atoms with Gasteiger partial charge >= 0.3 is 0 Å². The molecule has 1 amide bonds. The van der Waals surface area contributed by atoms with Gasteiger partial charge < -0.3 is 10.1 Å². The summed E-state index contributed by atoms with van der Waals surface area (Å²) in [6, 6.07) is 13.9. The van der Waals surface area contributed by atoms with E-state index < -0.39 is 0 Å². The number of nitrogens with one attached hydrogen (secondary N) is 1. The fourth-order valence-corrected chi connectivity index (χ4v) is 3.78. The number of amides is 1. The predicted octanol–water partition coefficient (Wildman–Crippen LogP) is 4.84. The highest BCUT2D eigenvalue weighted by Gasteiger charge is 2.24. The molecule has 3 rings (SSSR count). The topological polar surface area (TPSA) is 62.1 Å². The number of ether oxygens (including phenoxy) is 1. The molecule has 140 valence electrons. The summed E-state index contributed by atoms with van der Waals surface area (Å²) in [6.45, 7) is 4.71. The first-order valence-electron chi connectivity index (χ1n) is 9.71. The average molecular weight is 362 g/mol. The quantitative estimate of drug-likeness (QED) is 0.611. The second-order valence-electron chi connectivity index (χ2n) is 7.14. The number of benzene rings is 2. The van der Waals surface area contributed by atoms with E-state index in [9.17, 15) is 10.1 Å². The van der Waals surface area contributed by atoms with Gasteiger partial charge in [0.15, 0.2) is 0 Å². The normalized spacial score (nSPS) is 20.1. The lowest BCUT2D eigenvalue weighted by atomic mass is 9.86. The highest BCUT2D eigenvalue weighted by Crippen LogP contribution is 2.30. The van der Waals surface area contributed by atoms with Crippen LogP contribution >= 0.6 is 0 Å². The zero-order chi connectivity index (χ0) is 19.2. The van der Waals surface area contributed by atoms with E-state index in [2.05, 4.69) is 18.3 Å². The predicted molar refractivity (Wildman–Crippen MR) is 108 cm³/mol. The molecule has 0 heterocycles. The second-order valence-corrected chi connectivity index (χ2v) is 7.14. The van der Waals surface area contributed by atoms with Crippen molar-refractivity contribution in [1.82, 2.24) is 5.32 Å². The van der Waals surface area contributed by atoms with Gasteiger partial charge in [0.2, 0.25) is 0 Å². The minimum absolute atomic E-state index is 0.141. The Kier molecular flexibility index (Phi) is 6.13. The fourth-order valence-electron chi connectivity index (χ4n) is 3.78. The van der Waals surface area contributed by atoms with Crippen LogP contribution in [0.15, 0.2) is 42.0 Å². The molecular formula is C23H26N2O2. The molecule has 1 N–H and O–H groups in total. The van der Waals surface area contributed by atoms with Crippen LogP contribution < -0.4 is 10.1 Å². The molecule has 2 atom stereocenters. The van der Waals surface area contributed by atoms with Crippen LogP contribution in [0.3, 0.4) is 0 Å². The second kappa shape index (κ2) is 8.73. The highest BCUT2D eigenvalue weighted by atomic mass is 16.5. The van der Waals surface area contributed by atoms with Gasteiger partial charge in [0, 0.05) is 11.4 Å². The Morgan fingerprint density at radius 2 is 1.96 bits per heavy atom. The minimum atomic E-state index is -0.283. The molecule has 4 nitrogen and oxygen atoms in total. The molecular weight excluding hydrogens is 336 g/mol. The van der Waals surface area contributed by atoms with Crippen LogP contribution in [0.2, 0.25) is 0 Å². The van der Waals surface area contributed by atoms with Gasteiger partial charge in [0.25, 0.3) is 5.91 Å². The van der Waals surface area contributed by atoms with E-state index in [4.69, 9.17) is 4.74 Å². The van der Waals surface area contributed by atoms with Crippen molar-refractivity contribution < 1.29 is 9.53 Å². The standard InChI is InChI=1S/C23H26N2O2/c1-3-27-22-13-12-17(19-9-5-6-10-20(19)22)14-18(15-24)23(26)25-21-11-7-4-8-16(21)2/h5-6,9-10,12-14,16,21H,3-4,7-8,11H2,1-2H3,(H,25,26)/b18-14+/t16-,21+/m1/s1. The molecule has 1 fully saturated rings. The van der Waals surface area contributed by atoms with E-state index in [0.29, 0.717) is 12.5 Å². The number of carbonyl (C=O) groups excluding carboxylic acids is 1. The first-order valence-corrected chi connectivity index (χ1v) is 9.71. The van der Waals surface area contributed by atoms with Crippen molar-refractivity contribution in [2.75, 3.05) is 6.61 Å². The number of rotatable bonds is 5. The van der Waals surface area contributed by atoms with E-state index in [1.807, 2.05) is 43.3 Å². The molecule has 0 radical (unpaired) electrons. The van der Waals surface area contributed by atoms with Crippen molar-refractivity contribution >= 4 is 22.8 Å². The Labute approximate surface area is 160 Å². The molecule has 0 unspecified atom stereocenters. The van der Waals surface area contributed by atoms with Crippen LogP contribution in [-0.2, 0) is 4.79 Å². The van der Waals surface area contributed by atoms with E-state index in [0.717, 1.165) is 41.3 Å². The number of nitrogens with zero attached hydrogens (tertiary/aromatic N) is 1. The number of hydrogen-bond acceptors (Lipinski definition) is 3. The van der Waals surface area contributed by atoms with Gasteiger partial charge in [0.1, 0.15) is 17.4 Å². The Morgan fingerprint density at radius 3 is 2.67 bits per heavy atom. The Morgan fingerprint density at radius 1 is 1.22 bits per heavy atom. The number of carbonyl (C=O) groups is 1. The lowest BCUT2D eigenvalue weighted by molar-refractivity contribution is -0.118. The molecule has 1 aliphatic rings. The summed E-state index contributed by atoms with van der Waals surface area (Å²) >= 11 is 0. The molecule has 0 bridgehead atoms. The molecule has 0 aliphatic heterocycles. The zero-order valence-electron chi connectivity index (χ0n) is 16.0. The summed E-state index contributed by atoms with van der Waals surface area (Å²) in [5, 5.41) is 14.6. The lowest BCUT2D eigenvalue weighted by Crippen LogP contribution is -2.41. The van der Waals surface area contributed by atoms with Crippen molar-refractivity contribution in [3.63, 3.8) is 0 Å². The monoisotopic (exact) mass is 362 g/mol. The molecule has 0 spiro atoms. The van der Waals surface area contributed by atoms with Crippen LogP contribution in [0, 0.1) is 17.2 Å². The Balaban J connectivity index is 1.90. The zero-order valence-corrected chi connectivity index (χ0v) is 16.0. The summed E-state index contributed by atoms with van der Waals surface area (Å²) in [6.07, 6.45) is 6.13. The summed E-state index contributed by atoms with van der Waals surface area (Å²) in [7, 11) is 0. The molecule has 2 aromatic carbocycles. The van der Waals surface area contributed by atoms with Crippen molar-refractivity contribution in [2.24, 2.45) is 5.92 Å². The van der Waals surface area contributed by atoms with E-state index in [1.165, 1.54) is 6.42 Å². The molecule has 0 saturated heterocycles. The van der Waals surface area contributed by atoms with Crippen molar-refractivity contribution in [1.29, 1.82) is 5.26 Å². The Hall–Kier alpha value is -2.80. The summed E-state index contributed by atoms with van der Waals surface area (Å²) in [5.41, 5.74) is 0.986. The maximum Gasteiger partial charge on any atom is 0.262 e. The van der Waals surface area contributed by atoms with Gasteiger partial charge in [0.05, 0.1) is 6.61 Å². The third-order valence-electron chi connectivity index (χ3n) is 5.31. The maximum atomic E-state index is 12.7. The first kappa shape index (κ1) is 19.0.